The van der Waals surface area contributed by atoms with Gasteiger partial charge in [-0.05, 0) is 42.0 Å². The van der Waals surface area contributed by atoms with E-state index in [-0.39, 0.29) is 13.2 Å². The van der Waals surface area contributed by atoms with Crippen LogP contribution in [0, 0.1) is 11.8 Å². The summed E-state index contributed by atoms with van der Waals surface area (Å²) in [6.07, 6.45) is -0.486. The van der Waals surface area contributed by atoms with Crippen molar-refractivity contribution in [3.63, 3.8) is 0 Å². The summed E-state index contributed by atoms with van der Waals surface area (Å²) < 4.78 is 10.9. The zero-order valence-electron chi connectivity index (χ0n) is 14.7. The average molecular weight is 357 g/mol. The van der Waals surface area contributed by atoms with E-state index < -0.39 is 6.09 Å². The first-order valence-corrected chi connectivity index (χ1v) is 8.56. The summed E-state index contributed by atoms with van der Waals surface area (Å²) in [5.41, 5.74) is 1.78. The summed E-state index contributed by atoms with van der Waals surface area (Å²) in [4.78, 5) is 11.6. The summed E-state index contributed by atoms with van der Waals surface area (Å²) in [6.45, 7) is 0.457. The molecule has 0 aliphatic rings. The lowest BCUT2D eigenvalue weighted by atomic mass is 10.2. The van der Waals surface area contributed by atoms with Gasteiger partial charge in [0.2, 0.25) is 0 Å². The highest BCUT2D eigenvalue weighted by Crippen LogP contribution is 2.20. The van der Waals surface area contributed by atoms with Gasteiger partial charge >= 0.3 is 6.09 Å². The van der Waals surface area contributed by atoms with Crippen molar-refractivity contribution < 1.29 is 14.3 Å². The van der Waals surface area contributed by atoms with Gasteiger partial charge < -0.3 is 14.8 Å². The van der Waals surface area contributed by atoms with Crippen molar-refractivity contribution in [2.24, 2.45) is 0 Å². The molecule has 0 fully saturated rings. The molecule has 0 atom stereocenters. The number of ether oxygens (including phenoxy) is 2. The maximum atomic E-state index is 11.6. The third kappa shape index (κ3) is 6.26. The Kier molecular flexibility index (Phi) is 6.49. The molecule has 0 radical (unpaired) electrons. The lowest BCUT2D eigenvalue weighted by molar-refractivity contribution is 0.141. The molecule has 0 spiro atoms. The second-order valence-electron chi connectivity index (χ2n) is 5.66. The predicted molar refractivity (Wildman–Crippen MR) is 104 cm³/mol. The number of carbonyl (C=O) groups excluding carboxylic acids is 1. The van der Waals surface area contributed by atoms with Gasteiger partial charge in [0.15, 0.2) is 0 Å². The Morgan fingerprint density at radius 1 is 0.815 bits per heavy atom. The van der Waals surface area contributed by atoms with Crippen LogP contribution in [0.5, 0.6) is 11.5 Å². The SMILES string of the molecule is O=C(NCC#Cc1ccc(Oc2ccccc2)cc1)OCc1ccccc1. The molecule has 4 heteroatoms. The minimum Gasteiger partial charge on any atom is -0.457 e. The van der Waals surface area contributed by atoms with Crippen LogP contribution in [0.4, 0.5) is 4.79 Å². The first-order chi connectivity index (χ1) is 13.3. The number of rotatable bonds is 5. The number of alkyl carbamates (subject to hydrolysis) is 1. The van der Waals surface area contributed by atoms with Crippen molar-refractivity contribution in [1.29, 1.82) is 0 Å². The predicted octanol–water partition coefficient (Wildman–Crippen LogP) is 4.76. The molecule has 1 N–H and O–H groups in total. The third-order valence-electron chi connectivity index (χ3n) is 3.60. The molecular weight excluding hydrogens is 338 g/mol. The summed E-state index contributed by atoms with van der Waals surface area (Å²) in [7, 11) is 0. The summed E-state index contributed by atoms with van der Waals surface area (Å²) in [5, 5.41) is 2.61. The molecule has 0 aliphatic heterocycles. The van der Waals surface area contributed by atoms with E-state index in [2.05, 4.69) is 17.2 Å². The van der Waals surface area contributed by atoms with Crippen molar-refractivity contribution in [2.45, 2.75) is 6.61 Å². The highest BCUT2D eigenvalue weighted by atomic mass is 16.5. The molecule has 134 valence electrons. The van der Waals surface area contributed by atoms with Crippen LogP contribution in [0.2, 0.25) is 0 Å². The molecule has 3 aromatic rings. The van der Waals surface area contributed by atoms with E-state index in [1.807, 2.05) is 84.9 Å². The van der Waals surface area contributed by atoms with Gasteiger partial charge in [-0.25, -0.2) is 4.79 Å². The molecule has 0 saturated carbocycles. The van der Waals surface area contributed by atoms with Crippen LogP contribution in [-0.4, -0.2) is 12.6 Å². The van der Waals surface area contributed by atoms with Crippen molar-refractivity contribution in [1.82, 2.24) is 5.32 Å². The minimum atomic E-state index is -0.486. The molecule has 3 aromatic carbocycles. The molecule has 0 aliphatic carbocycles. The molecule has 0 saturated heterocycles. The molecule has 0 aromatic heterocycles. The normalized spacial score (nSPS) is 9.63. The van der Waals surface area contributed by atoms with Crippen LogP contribution >= 0.6 is 0 Å². The van der Waals surface area contributed by atoms with Gasteiger partial charge in [-0.1, -0.05) is 60.4 Å². The molecule has 0 heterocycles. The van der Waals surface area contributed by atoms with Crippen LogP contribution < -0.4 is 10.1 Å². The van der Waals surface area contributed by atoms with Crippen LogP contribution in [0.15, 0.2) is 84.9 Å². The number of carbonyl (C=O) groups is 1. The van der Waals surface area contributed by atoms with Crippen molar-refractivity contribution in [3.05, 3.63) is 96.1 Å². The van der Waals surface area contributed by atoms with E-state index in [9.17, 15) is 4.79 Å². The van der Waals surface area contributed by atoms with E-state index in [0.29, 0.717) is 0 Å². The van der Waals surface area contributed by atoms with Crippen molar-refractivity contribution in [2.75, 3.05) is 6.54 Å². The van der Waals surface area contributed by atoms with Crippen LogP contribution in [0.25, 0.3) is 0 Å². The molecule has 4 nitrogen and oxygen atoms in total. The minimum absolute atomic E-state index is 0.218. The lowest BCUT2D eigenvalue weighted by Gasteiger charge is -2.05. The van der Waals surface area contributed by atoms with E-state index in [0.717, 1.165) is 22.6 Å². The van der Waals surface area contributed by atoms with Gasteiger partial charge in [-0.2, -0.15) is 0 Å². The van der Waals surface area contributed by atoms with Crippen LogP contribution in [0.3, 0.4) is 0 Å². The van der Waals surface area contributed by atoms with Gasteiger partial charge in [-0.3, -0.25) is 0 Å². The molecule has 3 rings (SSSR count). The fraction of sp³-hybridized carbons (Fsp3) is 0.0870. The second-order valence-corrected chi connectivity index (χ2v) is 5.66. The van der Waals surface area contributed by atoms with Crippen molar-refractivity contribution in [3.8, 4) is 23.3 Å². The molecule has 0 bridgehead atoms. The zero-order valence-corrected chi connectivity index (χ0v) is 14.7. The maximum Gasteiger partial charge on any atom is 0.408 e. The molecule has 1 amide bonds. The summed E-state index contributed by atoms with van der Waals surface area (Å²) in [5.74, 6) is 7.42. The van der Waals surface area contributed by atoms with Crippen LogP contribution in [-0.2, 0) is 11.3 Å². The largest absolute Gasteiger partial charge is 0.457 e. The first kappa shape index (κ1) is 18.1. The lowest BCUT2D eigenvalue weighted by Crippen LogP contribution is -2.24. The second kappa shape index (κ2) is 9.69. The van der Waals surface area contributed by atoms with Gasteiger partial charge in [0.25, 0.3) is 0 Å². The average Bonchev–Trinajstić information content (AvgIpc) is 2.72. The Labute approximate surface area is 158 Å². The number of hydrogen-bond donors (Lipinski definition) is 1. The summed E-state index contributed by atoms with van der Waals surface area (Å²) in [6, 6.07) is 26.6. The van der Waals surface area contributed by atoms with E-state index in [1.54, 1.807) is 0 Å². The number of amides is 1. The van der Waals surface area contributed by atoms with Gasteiger partial charge in [0.05, 0.1) is 6.54 Å². The number of nitrogens with one attached hydrogen (secondary N) is 1. The van der Waals surface area contributed by atoms with Crippen LogP contribution in [0.1, 0.15) is 11.1 Å². The standard InChI is InChI=1S/C23H19NO3/c25-23(26-18-20-8-3-1-4-9-20)24-17-7-10-19-13-15-22(16-14-19)27-21-11-5-2-6-12-21/h1-6,8-9,11-16H,17-18H2,(H,24,25). The number of hydrogen-bond acceptors (Lipinski definition) is 3. The Hall–Kier alpha value is -3.71. The zero-order chi connectivity index (χ0) is 18.7. The van der Waals surface area contributed by atoms with Gasteiger partial charge in [-0.15, -0.1) is 0 Å². The summed E-state index contributed by atoms with van der Waals surface area (Å²) >= 11 is 0. The van der Waals surface area contributed by atoms with Gasteiger partial charge in [0.1, 0.15) is 18.1 Å². The van der Waals surface area contributed by atoms with E-state index >= 15 is 0 Å². The third-order valence-corrected chi connectivity index (χ3v) is 3.60. The highest BCUT2D eigenvalue weighted by Gasteiger charge is 2.00. The van der Waals surface area contributed by atoms with E-state index in [4.69, 9.17) is 9.47 Å². The fourth-order valence-electron chi connectivity index (χ4n) is 2.27. The number of para-hydroxylation sites is 1. The Balaban J connectivity index is 1.42. The quantitative estimate of drug-likeness (QED) is 0.670. The molecular formula is C23H19NO3. The Morgan fingerprint density at radius 2 is 1.44 bits per heavy atom. The topological polar surface area (TPSA) is 47.6 Å². The Morgan fingerprint density at radius 3 is 2.15 bits per heavy atom. The Bertz CT molecular complexity index is 911. The highest BCUT2D eigenvalue weighted by molar-refractivity contribution is 5.67. The van der Waals surface area contributed by atoms with E-state index in [1.165, 1.54) is 0 Å². The van der Waals surface area contributed by atoms with Crippen molar-refractivity contribution >= 4 is 6.09 Å². The fourth-order valence-corrected chi connectivity index (χ4v) is 2.27. The van der Waals surface area contributed by atoms with Gasteiger partial charge in [0, 0.05) is 5.56 Å². The molecule has 0 unspecified atom stereocenters. The smallest absolute Gasteiger partial charge is 0.408 e. The maximum absolute atomic E-state index is 11.6. The molecule has 27 heavy (non-hydrogen) atoms. The first-order valence-electron chi connectivity index (χ1n) is 8.56. The number of benzene rings is 3. The monoisotopic (exact) mass is 357 g/mol.